The van der Waals surface area contributed by atoms with Crippen LogP contribution in [0.1, 0.15) is 36.8 Å². The monoisotopic (exact) mass is 428 g/mol. The zero-order valence-corrected chi connectivity index (χ0v) is 18.1. The van der Waals surface area contributed by atoms with Gasteiger partial charge >= 0.3 is 0 Å². The van der Waals surface area contributed by atoms with E-state index in [1.807, 2.05) is 54.6 Å². The molecule has 164 valence electrons. The van der Waals surface area contributed by atoms with E-state index in [1.165, 1.54) is 19.3 Å². The molecule has 2 aliphatic heterocycles. The molecular formula is C26H28N4O2. The summed E-state index contributed by atoms with van der Waals surface area (Å²) in [6.07, 6.45) is 7.21. The Morgan fingerprint density at radius 2 is 2.00 bits per heavy atom. The van der Waals surface area contributed by atoms with Gasteiger partial charge in [-0.15, -0.1) is 0 Å². The van der Waals surface area contributed by atoms with Gasteiger partial charge in [-0.2, -0.15) is 0 Å². The van der Waals surface area contributed by atoms with Crippen molar-refractivity contribution in [2.75, 3.05) is 30.3 Å². The van der Waals surface area contributed by atoms with Gasteiger partial charge in [0.1, 0.15) is 0 Å². The van der Waals surface area contributed by atoms with E-state index in [-0.39, 0.29) is 5.91 Å². The summed E-state index contributed by atoms with van der Waals surface area (Å²) in [7, 11) is 0. The Morgan fingerprint density at radius 1 is 1.16 bits per heavy atom. The van der Waals surface area contributed by atoms with Crippen molar-refractivity contribution in [3.63, 3.8) is 0 Å². The van der Waals surface area contributed by atoms with E-state index in [0.717, 1.165) is 58.6 Å². The molecule has 1 atom stereocenters. The molecule has 0 saturated carbocycles. The quantitative estimate of drug-likeness (QED) is 0.564. The molecule has 3 aromatic rings. The SMILES string of the molecule is O=C(CCN1CCCCC1)Nc1ccc2c(c1)C(=Cc1ccnc3ccccc13)C(O)N2. The van der Waals surface area contributed by atoms with Gasteiger partial charge < -0.3 is 20.6 Å². The topological polar surface area (TPSA) is 77.5 Å². The number of aliphatic hydroxyl groups is 1. The first kappa shape index (κ1) is 20.7. The van der Waals surface area contributed by atoms with Crippen LogP contribution >= 0.6 is 0 Å². The second-order valence-electron chi connectivity index (χ2n) is 8.52. The number of aromatic nitrogens is 1. The number of nitrogens with zero attached hydrogens (tertiary/aromatic N) is 2. The molecule has 5 rings (SSSR count). The fourth-order valence-corrected chi connectivity index (χ4v) is 4.59. The Bertz CT molecular complexity index is 1160. The highest BCUT2D eigenvalue weighted by molar-refractivity contribution is 6.00. The molecule has 1 unspecified atom stereocenters. The Hall–Kier alpha value is -3.22. The van der Waals surface area contributed by atoms with Gasteiger partial charge in [0.25, 0.3) is 0 Å². The molecule has 2 aromatic carbocycles. The number of piperidine rings is 1. The number of pyridine rings is 1. The third-order valence-corrected chi connectivity index (χ3v) is 6.30. The number of fused-ring (bicyclic) bond motifs is 2. The minimum Gasteiger partial charge on any atom is -0.369 e. The summed E-state index contributed by atoms with van der Waals surface area (Å²) >= 11 is 0. The van der Waals surface area contributed by atoms with Crippen LogP contribution < -0.4 is 10.6 Å². The molecule has 1 fully saturated rings. The fourth-order valence-electron chi connectivity index (χ4n) is 4.59. The summed E-state index contributed by atoms with van der Waals surface area (Å²) in [5, 5.41) is 17.8. The Balaban J connectivity index is 1.35. The molecule has 2 aliphatic rings. The van der Waals surface area contributed by atoms with Crippen LogP contribution in [0.3, 0.4) is 0 Å². The normalized spacial score (nSPS) is 19.7. The van der Waals surface area contributed by atoms with Crippen molar-refractivity contribution in [1.82, 2.24) is 9.88 Å². The average molecular weight is 429 g/mol. The number of hydrogen-bond donors (Lipinski definition) is 3. The predicted molar refractivity (Wildman–Crippen MR) is 129 cm³/mol. The molecule has 32 heavy (non-hydrogen) atoms. The van der Waals surface area contributed by atoms with Crippen molar-refractivity contribution in [2.24, 2.45) is 0 Å². The highest BCUT2D eigenvalue weighted by atomic mass is 16.3. The lowest BCUT2D eigenvalue weighted by molar-refractivity contribution is -0.116. The number of nitrogens with one attached hydrogen (secondary N) is 2. The van der Waals surface area contributed by atoms with Gasteiger partial charge in [0.05, 0.1) is 5.52 Å². The van der Waals surface area contributed by atoms with Crippen molar-refractivity contribution in [3.05, 3.63) is 65.9 Å². The van der Waals surface area contributed by atoms with E-state index in [1.54, 1.807) is 6.20 Å². The number of aliphatic hydroxyl groups excluding tert-OH is 1. The molecule has 3 heterocycles. The summed E-state index contributed by atoms with van der Waals surface area (Å²) in [5.41, 5.74) is 5.18. The zero-order valence-electron chi connectivity index (χ0n) is 18.1. The van der Waals surface area contributed by atoms with E-state index >= 15 is 0 Å². The van der Waals surface area contributed by atoms with Crippen molar-refractivity contribution >= 4 is 39.8 Å². The van der Waals surface area contributed by atoms with E-state index in [0.29, 0.717) is 6.42 Å². The summed E-state index contributed by atoms with van der Waals surface area (Å²) in [6, 6.07) is 15.6. The number of para-hydroxylation sites is 1. The van der Waals surface area contributed by atoms with E-state index in [4.69, 9.17) is 0 Å². The number of amides is 1. The van der Waals surface area contributed by atoms with Gasteiger partial charge in [-0.1, -0.05) is 24.6 Å². The minimum atomic E-state index is -0.804. The smallest absolute Gasteiger partial charge is 0.225 e. The van der Waals surface area contributed by atoms with E-state index in [2.05, 4.69) is 20.5 Å². The highest BCUT2D eigenvalue weighted by Crippen LogP contribution is 2.38. The van der Waals surface area contributed by atoms with Crippen molar-refractivity contribution in [1.29, 1.82) is 0 Å². The Kier molecular flexibility index (Phi) is 5.88. The van der Waals surface area contributed by atoms with Crippen LogP contribution in [-0.2, 0) is 4.79 Å². The molecule has 0 radical (unpaired) electrons. The molecule has 6 nitrogen and oxygen atoms in total. The lowest BCUT2D eigenvalue weighted by atomic mass is 10.0. The van der Waals surface area contributed by atoms with Gasteiger partial charge in [-0.3, -0.25) is 9.78 Å². The van der Waals surface area contributed by atoms with Crippen LogP contribution in [0.5, 0.6) is 0 Å². The van der Waals surface area contributed by atoms with Crippen LogP contribution in [0.15, 0.2) is 54.7 Å². The third-order valence-electron chi connectivity index (χ3n) is 6.30. The minimum absolute atomic E-state index is 0.0210. The largest absolute Gasteiger partial charge is 0.369 e. The van der Waals surface area contributed by atoms with Gasteiger partial charge in [-0.05, 0) is 67.9 Å². The van der Waals surface area contributed by atoms with Gasteiger partial charge in [0, 0.05) is 47.1 Å². The number of carbonyl (C=O) groups is 1. The van der Waals surface area contributed by atoms with E-state index < -0.39 is 6.23 Å². The molecule has 0 spiro atoms. The first-order valence-electron chi connectivity index (χ1n) is 11.3. The lowest BCUT2D eigenvalue weighted by Crippen LogP contribution is -2.32. The number of benzene rings is 2. The van der Waals surface area contributed by atoms with Gasteiger partial charge in [0.2, 0.25) is 5.91 Å². The number of likely N-dealkylation sites (tertiary alicyclic amines) is 1. The molecular weight excluding hydrogens is 400 g/mol. The number of rotatable bonds is 5. The third kappa shape index (κ3) is 4.38. The van der Waals surface area contributed by atoms with Crippen molar-refractivity contribution in [2.45, 2.75) is 31.9 Å². The molecule has 0 bridgehead atoms. The van der Waals surface area contributed by atoms with Crippen LogP contribution in [0.25, 0.3) is 22.6 Å². The molecule has 3 N–H and O–H groups in total. The first-order chi connectivity index (χ1) is 15.7. The summed E-state index contributed by atoms with van der Waals surface area (Å²) in [5.74, 6) is 0.0210. The van der Waals surface area contributed by atoms with Gasteiger partial charge in [0.15, 0.2) is 6.23 Å². The molecule has 1 saturated heterocycles. The number of carbonyl (C=O) groups excluding carboxylic acids is 1. The second-order valence-corrected chi connectivity index (χ2v) is 8.52. The lowest BCUT2D eigenvalue weighted by Gasteiger charge is -2.25. The molecule has 1 amide bonds. The second kappa shape index (κ2) is 9.10. The number of anilines is 2. The number of hydrogen-bond acceptors (Lipinski definition) is 5. The van der Waals surface area contributed by atoms with E-state index in [9.17, 15) is 9.90 Å². The summed E-state index contributed by atoms with van der Waals surface area (Å²) in [6.45, 7) is 2.98. The summed E-state index contributed by atoms with van der Waals surface area (Å²) < 4.78 is 0. The Morgan fingerprint density at radius 3 is 2.88 bits per heavy atom. The van der Waals surface area contributed by atoms with Crippen LogP contribution in [0.4, 0.5) is 11.4 Å². The maximum atomic E-state index is 12.5. The maximum absolute atomic E-state index is 12.5. The van der Waals surface area contributed by atoms with Crippen LogP contribution in [0, 0.1) is 0 Å². The van der Waals surface area contributed by atoms with Crippen molar-refractivity contribution < 1.29 is 9.90 Å². The summed E-state index contributed by atoms with van der Waals surface area (Å²) in [4.78, 5) is 19.3. The Labute approximate surface area is 188 Å². The first-order valence-corrected chi connectivity index (χ1v) is 11.3. The maximum Gasteiger partial charge on any atom is 0.225 e. The molecule has 1 aromatic heterocycles. The molecule has 6 heteroatoms. The van der Waals surface area contributed by atoms with Crippen molar-refractivity contribution in [3.8, 4) is 0 Å². The standard InChI is InChI=1S/C26H28N4O2/c31-25(11-15-30-13-4-1-5-14-30)28-19-8-9-24-21(17-19)22(26(32)29-24)16-18-10-12-27-23-7-3-2-6-20(18)23/h2-3,6-10,12,16-17,26,29,32H,1,4-5,11,13-15H2,(H,28,31). The zero-order chi connectivity index (χ0) is 21.9. The van der Waals surface area contributed by atoms with Gasteiger partial charge in [-0.25, -0.2) is 0 Å². The predicted octanol–water partition coefficient (Wildman–Crippen LogP) is 4.33. The fraction of sp³-hybridized carbons (Fsp3) is 0.308. The average Bonchev–Trinajstić information content (AvgIpc) is 3.13. The highest BCUT2D eigenvalue weighted by Gasteiger charge is 2.25. The van der Waals surface area contributed by atoms with Crippen LogP contribution in [0.2, 0.25) is 0 Å². The van der Waals surface area contributed by atoms with Crippen LogP contribution in [-0.4, -0.2) is 46.8 Å². The molecule has 0 aliphatic carbocycles.